The Morgan fingerprint density at radius 3 is 2.83 bits per heavy atom. The minimum atomic E-state index is -3.50. The zero-order valence-corrected chi connectivity index (χ0v) is 11.4. The zero-order valence-electron chi connectivity index (χ0n) is 9.81. The van der Waals surface area contributed by atoms with E-state index in [1.54, 1.807) is 0 Å². The van der Waals surface area contributed by atoms with E-state index >= 15 is 0 Å². The molecule has 7 heteroatoms. The van der Waals surface area contributed by atoms with Gasteiger partial charge in [0.2, 0.25) is 10.0 Å². The first kappa shape index (κ1) is 14.8. The summed E-state index contributed by atoms with van der Waals surface area (Å²) in [6.07, 6.45) is 0.383. The number of nitriles is 1. The highest BCUT2D eigenvalue weighted by molar-refractivity contribution is 7.92. The Bertz CT molecular complexity index is 552. The highest BCUT2D eigenvalue weighted by Crippen LogP contribution is 2.21. The van der Waals surface area contributed by atoms with E-state index in [1.807, 2.05) is 6.07 Å². The van der Waals surface area contributed by atoms with E-state index < -0.39 is 10.0 Å². The summed E-state index contributed by atoms with van der Waals surface area (Å²) in [4.78, 5) is 0. The molecule has 18 heavy (non-hydrogen) atoms. The van der Waals surface area contributed by atoms with Crippen LogP contribution in [0.15, 0.2) is 18.2 Å². The maximum atomic E-state index is 11.7. The van der Waals surface area contributed by atoms with Crippen LogP contribution in [0.1, 0.15) is 12.0 Å². The molecule has 98 valence electrons. The topological polar surface area (TPSA) is 79.2 Å². The van der Waals surface area contributed by atoms with Gasteiger partial charge in [0.15, 0.2) is 0 Å². The molecular weight excluding hydrogens is 276 g/mol. The fourth-order valence-electron chi connectivity index (χ4n) is 1.31. The number of ether oxygens (including phenoxy) is 1. The summed E-state index contributed by atoms with van der Waals surface area (Å²) in [5.41, 5.74) is 0.428. The number of nitrogens with one attached hydrogen (secondary N) is 1. The van der Waals surface area contributed by atoms with Gasteiger partial charge in [-0.25, -0.2) is 8.42 Å². The molecule has 1 N–H and O–H groups in total. The van der Waals surface area contributed by atoms with Gasteiger partial charge in [0, 0.05) is 18.7 Å². The fraction of sp³-hybridized carbons (Fsp3) is 0.364. The first-order valence-corrected chi connectivity index (χ1v) is 7.20. The number of halogens is 1. The van der Waals surface area contributed by atoms with Gasteiger partial charge in [0.25, 0.3) is 0 Å². The van der Waals surface area contributed by atoms with Crippen molar-refractivity contribution >= 4 is 27.3 Å². The molecule has 0 heterocycles. The van der Waals surface area contributed by atoms with E-state index in [0.717, 1.165) is 0 Å². The Balaban J connectivity index is 2.84. The number of hydrogen-bond acceptors (Lipinski definition) is 4. The quantitative estimate of drug-likeness (QED) is 0.812. The van der Waals surface area contributed by atoms with Crippen LogP contribution in [-0.2, 0) is 14.8 Å². The lowest BCUT2D eigenvalue weighted by molar-refractivity contribution is 0.199. The minimum Gasteiger partial charge on any atom is -0.385 e. The number of benzene rings is 1. The molecule has 0 aliphatic heterocycles. The van der Waals surface area contributed by atoms with Gasteiger partial charge in [-0.1, -0.05) is 11.6 Å². The molecule has 0 aliphatic rings. The van der Waals surface area contributed by atoms with Crippen LogP contribution in [0.2, 0.25) is 5.02 Å². The molecule has 0 atom stereocenters. The van der Waals surface area contributed by atoms with Gasteiger partial charge in [0.05, 0.1) is 17.0 Å². The van der Waals surface area contributed by atoms with Gasteiger partial charge in [-0.15, -0.1) is 0 Å². The van der Waals surface area contributed by atoms with Gasteiger partial charge in [0.1, 0.15) is 6.07 Å². The van der Waals surface area contributed by atoms with E-state index in [4.69, 9.17) is 21.6 Å². The molecule has 1 rings (SSSR count). The van der Waals surface area contributed by atoms with E-state index in [9.17, 15) is 8.42 Å². The summed E-state index contributed by atoms with van der Waals surface area (Å²) in [6.45, 7) is 0.363. The third-order valence-corrected chi connectivity index (χ3v) is 3.72. The summed E-state index contributed by atoms with van der Waals surface area (Å²) in [5.74, 6) is -0.0712. The molecule has 1 aromatic rings. The molecule has 0 unspecified atom stereocenters. The Morgan fingerprint density at radius 1 is 1.50 bits per heavy atom. The van der Waals surface area contributed by atoms with Crippen molar-refractivity contribution in [3.63, 3.8) is 0 Å². The first-order valence-electron chi connectivity index (χ1n) is 5.17. The molecule has 0 spiro atoms. The van der Waals surface area contributed by atoms with Crippen molar-refractivity contribution in [2.75, 3.05) is 24.2 Å². The normalized spacial score (nSPS) is 10.9. The largest absolute Gasteiger partial charge is 0.385 e. The lowest BCUT2D eigenvalue weighted by Gasteiger charge is -2.09. The molecule has 0 amide bonds. The fourth-order valence-corrected chi connectivity index (χ4v) is 2.59. The molecule has 0 saturated heterocycles. The van der Waals surface area contributed by atoms with Crippen LogP contribution < -0.4 is 4.72 Å². The van der Waals surface area contributed by atoms with Crippen LogP contribution in [0.4, 0.5) is 5.69 Å². The minimum absolute atomic E-state index is 0.0712. The number of rotatable bonds is 6. The number of methoxy groups -OCH3 is 1. The van der Waals surface area contributed by atoms with E-state index in [2.05, 4.69) is 4.72 Å². The Labute approximate surface area is 111 Å². The van der Waals surface area contributed by atoms with Gasteiger partial charge in [-0.05, 0) is 24.6 Å². The van der Waals surface area contributed by atoms with E-state index in [0.29, 0.717) is 18.1 Å². The number of sulfonamides is 1. The number of hydrogen-bond donors (Lipinski definition) is 1. The van der Waals surface area contributed by atoms with Crippen LogP contribution >= 0.6 is 11.6 Å². The summed E-state index contributed by atoms with van der Waals surface area (Å²) in [7, 11) is -1.99. The Morgan fingerprint density at radius 2 is 2.22 bits per heavy atom. The predicted molar refractivity (Wildman–Crippen MR) is 70.1 cm³/mol. The van der Waals surface area contributed by atoms with E-state index in [1.165, 1.54) is 25.3 Å². The molecule has 0 bridgehead atoms. The van der Waals surface area contributed by atoms with Crippen molar-refractivity contribution < 1.29 is 13.2 Å². The summed E-state index contributed by atoms with van der Waals surface area (Å²) < 4.78 is 30.6. The molecule has 0 aromatic heterocycles. The van der Waals surface area contributed by atoms with Crippen molar-refractivity contribution in [2.24, 2.45) is 0 Å². The monoisotopic (exact) mass is 288 g/mol. The van der Waals surface area contributed by atoms with Gasteiger partial charge < -0.3 is 4.74 Å². The number of nitrogens with zero attached hydrogens (tertiary/aromatic N) is 1. The molecule has 1 aromatic carbocycles. The SMILES string of the molecule is COCCCS(=O)(=O)Nc1cc(Cl)ccc1C#N. The van der Waals surface area contributed by atoms with Crippen molar-refractivity contribution in [3.05, 3.63) is 28.8 Å². The smallest absolute Gasteiger partial charge is 0.232 e. The standard InChI is InChI=1S/C11H13ClN2O3S/c1-17-5-2-6-18(15,16)14-11-7-10(12)4-3-9(11)8-13/h3-4,7,14H,2,5-6H2,1H3. The summed E-state index contributed by atoms with van der Waals surface area (Å²) in [6, 6.07) is 6.31. The summed E-state index contributed by atoms with van der Waals surface area (Å²) in [5, 5.41) is 9.24. The molecular formula is C11H13ClN2O3S. The lowest BCUT2D eigenvalue weighted by atomic mass is 10.2. The third-order valence-electron chi connectivity index (χ3n) is 2.13. The van der Waals surface area contributed by atoms with E-state index in [-0.39, 0.29) is 17.0 Å². The van der Waals surface area contributed by atoms with Crippen molar-refractivity contribution in [1.29, 1.82) is 5.26 Å². The second kappa shape index (κ2) is 6.59. The number of anilines is 1. The van der Waals surface area contributed by atoms with Crippen LogP contribution in [0.5, 0.6) is 0 Å². The molecule has 0 radical (unpaired) electrons. The van der Waals surface area contributed by atoms with Crippen molar-refractivity contribution in [3.8, 4) is 6.07 Å². The van der Waals surface area contributed by atoms with Gasteiger partial charge in [-0.3, -0.25) is 4.72 Å². The van der Waals surface area contributed by atoms with Crippen LogP contribution in [0.25, 0.3) is 0 Å². The molecule has 0 saturated carbocycles. The zero-order chi connectivity index (χ0) is 13.6. The maximum absolute atomic E-state index is 11.7. The van der Waals surface area contributed by atoms with Crippen molar-refractivity contribution in [1.82, 2.24) is 0 Å². The van der Waals surface area contributed by atoms with Crippen molar-refractivity contribution in [2.45, 2.75) is 6.42 Å². The average molecular weight is 289 g/mol. The first-order chi connectivity index (χ1) is 8.48. The van der Waals surface area contributed by atoms with Crippen LogP contribution in [0.3, 0.4) is 0 Å². The Hall–Kier alpha value is -1.29. The Kier molecular flexibility index (Phi) is 5.41. The second-order valence-corrected chi connectivity index (χ2v) is 5.85. The second-order valence-electron chi connectivity index (χ2n) is 3.57. The molecule has 0 aliphatic carbocycles. The maximum Gasteiger partial charge on any atom is 0.232 e. The lowest BCUT2D eigenvalue weighted by Crippen LogP contribution is -2.18. The average Bonchev–Trinajstić information content (AvgIpc) is 2.29. The van der Waals surface area contributed by atoms with Crippen LogP contribution in [0, 0.1) is 11.3 Å². The predicted octanol–water partition coefficient (Wildman–Crippen LogP) is 1.99. The molecule has 0 fully saturated rings. The van der Waals surface area contributed by atoms with Crippen LogP contribution in [-0.4, -0.2) is 27.9 Å². The highest BCUT2D eigenvalue weighted by Gasteiger charge is 2.13. The van der Waals surface area contributed by atoms with Gasteiger partial charge in [-0.2, -0.15) is 5.26 Å². The summed E-state index contributed by atoms with van der Waals surface area (Å²) >= 11 is 5.77. The highest BCUT2D eigenvalue weighted by atomic mass is 35.5. The van der Waals surface area contributed by atoms with Gasteiger partial charge >= 0.3 is 0 Å². The third kappa shape index (κ3) is 4.53. The molecule has 5 nitrogen and oxygen atoms in total.